The highest BCUT2D eigenvalue weighted by Gasteiger charge is 2.28. The van der Waals surface area contributed by atoms with Gasteiger partial charge >= 0.3 is 5.97 Å². The third kappa shape index (κ3) is 7.45. The SMILES string of the molecule is CC(NC(=O)C(Cc1ccc(O)cc1)NC(=O)C(CS)NC(=O)CN)C(=O)O. The molecule has 10 nitrogen and oxygen atoms in total. The minimum atomic E-state index is -1.23. The van der Waals surface area contributed by atoms with E-state index in [1.54, 1.807) is 12.1 Å². The molecule has 0 aromatic heterocycles. The minimum absolute atomic E-state index is 0.0311. The van der Waals surface area contributed by atoms with E-state index in [0.717, 1.165) is 0 Å². The number of phenolic OH excluding ortho intramolecular Hbond substituents is 1. The van der Waals surface area contributed by atoms with Gasteiger partial charge in [0.15, 0.2) is 0 Å². The van der Waals surface area contributed by atoms with Crippen molar-refractivity contribution in [2.75, 3.05) is 12.3 Å². The molecule has 3 atom stereocenters. The lowest BCUT2D eigenvalue weighted by Crippen LogP contribution is -2.57. The average Bonchev–Trinajstić information content (AvgIpc) is 2.66. The number of carbonyl (C=O) groups excluding carboxylic acids is 3. The molecule has 7 N–H and O–H groups in total. The van der Waals surface area contributed by atoms with Crippen molar-refractivity contribution < 1.29 is 29.4 Å². The molecule has 28 heavy (non-hydrogen) atoms. The zero-order valence-corrected chi connectivity index (χ0v) is 16.1. The summed E-state index contributed by atoms with van der Waals surface area (Å²) in [6.07, 6.45) is 0.0360. The number of hydrogen-bond acceptors (Lipinski definition) is 7. The zero-order valence-electron chi connectivity index (χ0n) is 15.2. The highest BCUT2D eigenvalue weighted by Crippen LogP contribution is 2.12. The monoisotopic (exact) mass is 412 g/mol. The second-order valence-corrected chi connectivity index (χ2v) is 6.37. The van der Waals surface area contributed by atoms with Gasteiger partial charge in [0.1, 0.15) is 23.9 Å². The first-order chi connectivity index (χ1) is 13.2. The average molecular weight is 412 g/mol. The summed E-state index contributed by atoms with van der Waals surface area (Å²) < 4.78 is 0. The molecular weight excluding hydrogens is 388 g/mol. The van der Waals surface area contributed by atoms with Crippen molar-refractivity contribution in [2.24, 2.45) is 5.73 Å². The van der Waals surface area contributed by atoms with Crippen LogP contribution >= 0.6 is 12.6 Å². The van der Waals surface area contributed by atoms with Gasteiger partial charge in [-0.05, 0) is 24.6 Å². The molecule has 3 amide bonds. The largest absolute Gasteiger partial charge is 0.508 e. The van der Waals surface area contributed by atoms with E-state index < -0.39 is 41.8 Å². The number of rotatable bonds is 10. The lowest BCUT2D eigenvalue weighted by molar-refractivity contribution is -0.141. The van der Waals surface area contributed by atoms with Gasteiger partial charge in [-0.2, -0.15) is 12.6 Å². The van der Waals surface area contributed by atoms with Crippen molar-refractivity contribution >= 4 is 36.3 Å². The number of amides is 3. The predicted molar refractivity (Wildman–Crippen MR) is 104 cm³/mol. The van der Waals surface area contributed by atoms with E-state index in [4.69, 9.17) is 10.8 Å². The van der Waals surface area contributed by atoms with Gasteiger partial charge in [-0.25, -0.2) is 0 Å². The Balaban J connectivity index is 2.96. The summed E-state index contributed by atoms with van der Waals surface area (Å²) >= 11 is 4.01. The molecule has 0 saturated carbocycles. The molecule has 0 aliphatic heterocycles. The van der Waals surface area contributed by atoms with Gasteiger partial charge in [-0.15, -0.1) is 0 Å². The number of hydrogen-bond donors (Lipinski definition) is 7. The maximum atomic E-state index is 12.5. The molecule has 154 valence electrons. The van der Waals surface area contributed by atoms with E-state index in [9.17, 15) is 24.3 Å². The molecule has 0 aliphatic carbocycles. The molecule has 1 aromatic carbocycles. The third-order valence-electron chi connectivity index (χ3n) is 3.76. The van der Waals surface area contributed by atoms with Gasteiger partial charge < -0.3 is 31.9 Å². The van der Waals surface area contributed by atoms with Gasteiger partial charge in [0, 0.05) is 12.2 Å². The summed E-state index contributed by atoms with van der Waals surface area (Å²) in [6, 6.07) is 2.67. The fourth-order valence-electron chi connectivity index (χ4n) is 2.17. The Morgan fingerprint density at radius 3 is 2.11 bits per heavy atom. The molecule has 0 radical (unpaired) electrons. The van der Waals surface area contributed by atoms with Gasteiger partial charge in [-0.1, -0.05) is 12.1 Å². The number of aromatic hydroxyl groups is 1. The predicted octanol–water partition coefficient (Wildman–Crippen LogP) is -1.62. The molecule has 3 unspecified atom stereocenters. The number of carbonyl (C=O) groups is 4. The molecular formula is C17H24N4O6S. The first kappa shape index (κ1) is 23.2. The van der Waals surface area contributed by atoms with E-state index in [-0.39, 0.29) is 24.5 Å². The van der Waals surface area contributed by atoms with Gasteiger partial charge in [-0.3, -0.25) is 19.2 Å². The Labute approximate surface area is 167 Å². The summed E-state index contributed by atoms with van der Waals surface area (Å²) in [5.74, 6) is -3.16. The molecule has 1 aromatic rings. The van der Waals surface area contributed by atoms with Crippen molar-refractivity contribution in [3.63, 3.8) is 0 Å². The van der Waals surface area contributed by atoms with Crippen LogP contribution in [-0.2, 0) is 25.6 Å². The number of aliphatic carboxylic acids is 1. The fourth-order valence-corrected chi connectivity index (χ4v) is 2.43. The standard InChI is InChI=1S/C17H24N4O6S/c1-9(17(26)27)19-15(24)12(6-10-2-4-11(22)5-3-10)21-16(25)13(8-28)20-14(23)7-18/h2-5,9,12-13,22,28H,6-8,18H2,1H3,(H,19,24)(H,20,23)(H,21,25)(H,26,27). The minimum Gasteiger partial charge on any atom is -0.508 e. The second kappa shape index (κ2) is 11.1. The maximum Gasteiger partial charge on any atom is 0.325 e. The molecule has 0 spiro atoms. The normalized spacial score (nSPS) is 13.7. The third-order valence-corrected chi connectivity index (χ3v) is 4.12. The van der Waals surface area contributed by atoms with Crippen LogP contribution in [0.3, 0.4) is 0 Å². The highest BCUT2D eigenvalue weighted by atomic mass is 32.1. The van der Waals surface area contributed by atoms with E-state index in [0.29, 0.717) is 5.56 Å². The Hall–Kier alpha value is -2.79. The first-order valence-corrected chi connectivity index (χ1v) is 9.03. The lowest BCUT2D eigenvalue weighted by atomic mass is 10.0. The van der Waals surface area contributed by atoms with Crippen molar-refractivity contribution in [3.05, 3.63) is 29.8 Å². The lowest BCUT2D eigenvalue weighted by Gasteiger charge is -2.23. The van der Waals surface area contributed by atoms with Crippen molar-refractivity contribution in [2.45, 2.75) is 31.5 Å². The molecule has 0 saturated heterocycles. The second-order valence-electron chi connectivity index (χ2n) is 6.01. The number of carboxylic acids is 1. The van der Waals surface area contributed by atoms with Crippen LogP contribution in [0.15, 0.2) is 24.3 Å². The number of nitrogens with two attached hydrogens (primary N) is 1. The summed E-state index contributed by atoms with van der Waals surface area (Å²) in [4.78, 5) is 47.4. The summed E-state index contributed by atoms with van der Waals surface area (Å²) in [6.45, 7) is 0.975. The van der Waals surface area contributed by atoms with E-state index in [1.807, 2.05) is 0 Å². The molecule has 11 heteroatoms. The van der Waals surface area contributed by atoms with Crippen LogP contribution in [0.4, 0.5) is 0 Å². The number of thiol groups is 1. The van der Waals surface area contributed by atoms with Crippen molar-refractivity contribution in [3.8, 4) is 5.75 Å². The van der Waals surface area contributed by atoms with Crippen LogP contribution in [0, 0.1) is 0 Å². The summed E-state index contributed by atoms with van der Waals surface area (Å²) in [7, 11) is 0. The van der Waals surface area contributed by atoms with Gasteiger partial charge in [0.25, 0.3) is 0 Å². The molecule has 0 heterocycles. The van der Waals surface area contributed by atoms with Crippen LogP contribution in [0.5, 0.6) is 5.75 Å². The Morgan fingerprint density at radius 1 is 1.04 bits per heavy atom. The Bertz CT molecular complexity index is 712. The van der Waals surface area contributed by atoms with Crippen molar-refractivity contribution in [1.82, 2.24) is 16.0 Å². The highest BCUT2D eigenvalue weighted by molar-refractivity contribution is 7.80. The van der Waals surface area contributed by atoms with E-state index in [2.05, 4.69) is 28.6 Å². The maximum absolute atomic E-state index is 12.5. The van der Waals surface area contributed by atoms with Crippen LogP contribution in [0.25, 0.3) is 0 Å². The Morgan fingerprint density at radius 2 is 1.61 bits per heavy atom. The number of phenols is 1. The summed E-state index contributed by atoms with van der Waals surface area (Å²) in [5, 5.41) is 25.5. The van der Waals surface area contributed by atoms with Crippen LogP contribution in [-0.4, -0.2) is 64.3 Å². The fraction of sp³-hybridized carbons (Fsp3) is 0.412. The quantitative estimate of drug-likeness (QED) is 0.226. The summed E-state index contributed by atoms with van der Waals surface area (Å²) in [5.41, 5.74) is 5.83. The van der Waals surface area contributed by atoms with Crippen LogP contribution in [0.2, 0.25) is 0 Å². The zero-order chi connectivity index (χ0) is 21.3. The number of carboxylic acid groups (broad SMARTS) is 1. The molecule has 1 rings (SSSR count). The van der Waals surface area contributed by atoms with Crippen molar-refractivity contribution in [1.29, 1.82) is 0 Å². The first-order valence-electron chi connectivity index (χ1n) is 8.39. The van der Waals surface area contributed by atoms with Crippen LogP contribution < -0.4 is 21.7 Å². The molecule has 0 bridgehead atoms. The molecule has 0 fully saturated rings. The Kier molecular flexibility index (Phi) is 9.25. The van der Waals surface area contributed by atoms with E-state index >= 15 is 0 Å². The van der Waals surface area contributed by atoms with E-state index in [1.165, 1.54) is 19.1 Å². The van der Waals surface area contributed by atoms with Crippen LogP contribution in [0.1, 0.15) is 12.5 Å². The van der Waals surface area contributed by atoms with Gasteiger partial charge in [0.05, 0.1) is 6.54 Å². The smallest absolute Gasteiger partial charge is 0.325 e. The number of benzene rings is 1. The van der Waals surface area contributed by atoms with Gasteiger partial charge in [0.2, 0.25) is 17.7 Å². The topological polar surface area (TPSA) is 171 Å². The number of nitrogens with one attached hydrogen (secondary N) is 3. The molecule has 0 aliphatic rings.